The number of methoxy groups -OCH3 is 2. The van der Waals surface area contributed by atoms with Crippen LogP contribution >= 0.6 is 23.4 Å². The monoisotopic (exact) mass is 595 g/mol. The highest BCUT2D eigenvalue weighted by atomic mass is 35.5. The fourth-order valence-electron chi connectivity index (χ4n) is 4.53. The fraction of sp³-hybridized carbons (Fsp3) is 0.333. The largest absolute Gasteiger partial charge is 0.493 e. The summed E-state index contributed by atoms with van der Waals surface area (Å²) in [7, 11) is 2.98. The number of ether oxygens (including phenoxy) is 2. The highest BCUT2D eigenvalue weighted by Gasteiger charge is 2.43. The Morgan fingerprint density at radius 3 is 2.62 bits per heavy atom. The van der Waals surface area contributed by atoms with E-state index in [9.17, 15) is 18.0 Å². The minimum absolute atomic E-state index is 0.0181. The summed E-state index contributed by atoms with van der Waals surface area (Å²) in [5.74, 6) is -1.30. The molecule has 0 spiro atoms. The van der Waals surface area contributed by atoms with Gasteiger partial charge in [0, 0.05) is 10.6 Å². The number of nitrogens with zero attached hydrogens (tertiary/aromatic N) is 7. The van der Waals surface area contributed by atoms with Crippen molar-refractivity contribution >= 4 is 29.3 Å². The second kappa shape index (κ2) is 11.0. The number of para-hydroxylation sites is 1. The second-order valence-corrected chi connectivity index (χ2v) is 10.4. The maximum Gasteiger partial charge on any atom is 0.452 e. The number of hydrogen-bond acceptors (Lipinski definition) is 9. The third kappa shape index (κ3) is 5.30. The van der Waals surface area contributed by atoms with Crippen molar-refractivity contribution in [1.29, 1.82) is 0 Å². The third-order valence-corrected chi connectivity index (χ3v) is 7.94. The van der Waals surface area contributed by atoms with Gasteiger partial charge < -0.3 is 14.6 Å². The lowest BCUT2D eigenvalue weighted by molar-refractivity contribution is -0.146. The zero-order chi connectivity index (χ0) is 28.6. The van der Waals surface area contributed by atoms with Gasteiger partial charge in [-0.05, 0) is 41.5 Å². The van der Waals surface area contributed by atoms with Crippen molar-refractivity contribution in [2.24, 2.45) is 0 Å². The van der Waals surface area contributed by atoms with E-state index in [0.717, 1.165) is 4.57 Å². The summed E-state index contributed by atoms with van der Waals surface area (Å²) in [6.45, 7) is 0.123. The topological polar surface area (TPSA) is 130 Å². The predicted molar refractivity (Wildman–Crippen MR) is 137 cm³/mol. The van der Waals surface area contributed by atoms with E-state index in [1.165, 1.54) is 42.9 Å². The lowest BCUT2D eigenvalue weighted by atomic mass is 10.0. The molecule has 11 nitrogen and oxygen atoms in total. The maximum absolute atomic E-state index is 14.2. The molecule has 4 aromatic rings. The van der Waals surface area contributed by atoms with Gasteiger partial charge in [-0.3, -0.25) is 9.36 Å². The van der Waals surface area contributed by atoms with E-state index in [0.29, 0.717) is 27.6 Å². The average Bonchev–Trinajstić information content (AvgIpc) is 3.52. The molecule has 0 fully saturated rings. The summed E-state index contributed by atoms with van der Waals surface area (Å²) in [5, 5.41) is 27.3. The first kappa shape index (κ1) is 27.7. The van der Waals surface area contributed by atoms with Crippen molar-refractivity contribution in [2.75, 3.05) is 14.2 Å². The summed E-state index contributed by atoms with van der Waals surface area (Å²) in [6.07, 6.45) is -4.98. The van der Waals surface area contributed by atoms with Crippen molar-refractivity contribution in [3.63, 3.8) is 0 Å². The number of carboxylic acid groups (broad SMARTS) is 1. The van der Waals surface area contributed by atoms with Gasteiger partial charge in [0.25, 0.3) is 0 Å². The number of aromatic nitrogens is 7. The number of carboxylic acids is 1. The smallest absolute Gasteiger partial charge is 0.452 e. The standard InChI is InChI=1S/C24H21ClF3N7O4S/c1-38-16-5-3-4-13(20(16)39-2)21-14-10-12(25)6-7-15(14)35-22(30-31-23(35)24(26,27)28)17(40-21)8-9-34-32-18(29-33-34)11-19(36)37/h3-7,10,17,21H,8-9,11H2,1-2H3,(H,36,37). The van der Waals surface area contributed by atoms with Crippen molar-refractivity contribution in [3.8, 4) is 17.2 Å². The molecule has 0 aliphatic carbocycles. The van der Waals surface area contributed by atoms with Crippen LogP contribution in [-0.2, 0) is 23.9 Å². The Kier molecular flexibility index (Phi) is 7.59. The first-order chi connectivity index (χ1) is 19.1. The Balaban J connectivity index is 1.65. The molecule has 0 saturated heterocycles. The number of fused-ring (bicyclic) bond motifs is 3. The SMILES string of the molecule is COc1cccc(C2SC(CCn3nnc(CC(=O)O)n3)c3nnc(C(F)(F)F)n3-c3ccc(Cl)cc32)c1OC. The molecule has 5 rings (SSSR count). The van der Waals surface area contributed by atoms with E-state index in [1.807, 2.05) is 6.07 Å². The number of alkyl halides is 3. The summed E-state index contributed by atoms with van der Waals surface area (Å²) < 4.78 is 54.7. The highest BCUT2D eigenvalue weighted by molar-refractivity contribution is 8.00. The summed E-state index contributed by atoms with van der Waals surface area (Å²) in [6, 6.07) is 9.96. The molecule has 3 heterocycles. The number of carbonyl (C=O) groups is 1. The van der Waals surface area contributed by atoms with Gasteiger partial charge >= 0.3 is 12.1 Å². The number of thioether (sulfide) groups is 1. The van der Waals surface area contributed by atoms with Crippen molar-refractivity contribution in [3.05, 3.63) is 70.0 Å². The van der Waals surface area contributed by atoms with Crippen LogP contribution < -0.4 is 9.47 Å². The molecular formula is C24H21ClF3N7O4S. The normalized spacial score (nSPS) is 16.6. The molecule has 2 unspecified atom stereocenters. The molecule has 1 N–H and O–H groups in total. The van der Waals surface area contributed by atoms with Gasteiger partial charge in [-0.1, -0.05) is 23.7 Å². The molecule has 1 aliphatic heterocycles. The second-order valence-electron chi connectivity index (χ2n) is 8.67. The molecule has 0 saturated carbocycles. The number of tetrazole rings is 1. The first-order valence-electron chi connectivity index (χ1n) is 11.8. The average molecular weight is 596 g/mol. The van der Waals surface area contributed by atoms with Gasteiger partial charge in [0.1, 0.15) is 6.42 Å². The van der Waals surface area contributed by atoms with E-state index >= 15 is 0 Å². The summed E-state index contributed by atoms with van der Waals surface area (Å²) >= 11 is 7.71. The Bertz CT molecular complexity index is 1560. The lowest BCUT2D eigenvalue weighted by Gasteiger charge is -2.24. The minimum atomic E-state index is -4.79. The van der Waals surface area contributed by atoms with Crippen LogP contribution in [0.1, 0.15) is 45.5 Å². The molecule has 0 bridgehead atoms. The van der Waals surface area contributed by atoms with E-state index in [-0.39, 0.29) is 30.3 Å². The zero-order valence-corrected chi connectivity index (χ0v) is 22.5. The Hall–Kier alpha value is -3.85. The quantitative estimate of drug-likeness (QED) is 0.310. The predicted octanol–water partition coefficient (Wildman–Crippen LogP) is 4.54. The number of aliphatic carboxylic acids is 1. The van der Waals surface area contributed by atoms with Gasteiger partial charge in [-0.2, -0.15) is 18.0 Å². The van der Waals surface area contributed by atoms with E-state index < -0.39 is 34.9 Å². The summed E-state index contributed by atoms with van der Waals surface area (Å²) in [4.78, 5) is 12.2. The van der Waals surface area contributed by atoms with Crippen LogP contribution in [0.25, 0.3) is 5.69 Å². The van der Waals surface area contributed by atoms with Crippen LogP contribution in [0.15, 0.2) is 36.4 Å². The number of benzene rings is 2. The fourth-order valence-corrected chi connectivity index (χ4v) is 6.22. The zero-order valence-electron chi connectivity index (χ0n) is 21.0. The molecule has 1 aliphatic rings. The Labute approximate surface area is 234 Å². The number of rotatable bonds is 8. The number of halogens is 4. The van der Waals surface area contributed by atoms with Crippen molar-refractivity contribution in [1.82, 2.24) is 35.0 Å². The molecule has 40 heavy (non-hydrogen) atoms. The Morgan fingerprint density at radius 1 is 1.12 bits per heavy atom. The van der Waals surface area contributed by atoms with Gasteiger partial charge in [-0.25, -0.2) is 0 Å². The van der Waals surface area contributed by atoms with Crippen LogP contribution in [0.3, 0.4) is 0 Å². The lowest BCUT2D eigenvalue weighted by Crippen LogP contribution is -2.16. The highest BCUT2D eigenvalue weighted by Crippen LogP contribution is 2.54. The summed E-state index contributed by atoms with van der Waals surface area (Å²) in [5.41, 5.74) is 1.39. The van der Waals surface area contributed by atoms with E-state index in [4.69, 9.17) is 26.2 Å². The van der Waals surface area contributed by atoms with Crippen molar-refractivity contribution < 1.29 is 32.5 Å². The van der Waals surface area contributed by atoms with Crippen LogP contribution in [0.4, 0.5) is 13.2 Å². The number of aryl methyl sites for hydroxylation is 1. The molecule has 2 aromatic heterocycles. The van der Waals surface area contributed by atoms with Crippen LogP contribution in [0.2, 0.25) is 5.02 Å². The maximum atomic E-state index is 14.2. The molecule has 16 heteroatoms. The molecular weight excluding hydrogens is 575 g/mol. The van der Waals surface area contributed by atoms with Crippen LogP contribution in [0.5, 0.6) is 11.5 Å². The van der Waals surface area contributed by atoms with E-state index in [1.54, 1.807) is 18.2 Å². The molecule has 210 valence electrons. The van der Waals surface area contributed by atoms with E-state index in [2.05, 4.69) is 25.6 Å². The van der Waals surface area contributed by atoms with Gasteiger partial charge in [-0.15, -0.1) is 32.2 Å². The molecule has 2 atom stereocenters. The molecule has 0 radical (unpaired) electrons. The number of hydrogen-bond donors (Lipinski definition) is 1. The van der Waals surface area contributed by atoms with Gasteiger partial charge in [0.15, 0.2) is 23.1 Å². The van der Waals surface area contributed by atoms with Crippen LogP contribution in [0, 0.1) is 0 Å². The third-order valence-electron chi connectivity index (χ3n) is 6.15. The molecule has 0 amide bonds. The first-order valence-corrected chi connectivity index (χ1v) is 13.1. The van der Waals surface area contributed by atoms with Gasteiger partial charge in [0.2, 0.25) is 5.82 Å². The Morgan fingerprint density at radius 2 is 1.93 bits per heavy atom. The van der Waals surface area contributed by atoms with Gasteiger partial charge in [0.05, 0.1) is 37.0 Å². The van der Waals surface area contributed by atoms with Crippen molar-refractivity contribution in [2.45, 2.75) is 36.1 Å². The molecule has 2 aromatic carbocycles. The minimum Gasteiger partial charge on any atom is -0.493 e. The van der Waals surface area contributed by atoms with Crippen LogP contribution in [-0.4, -0.2) is 60.3 Å².